The zero-order valence-corrected chi connectivity index (χ0v) is 15.2. The summed E-state index contributed by atoms with van der Waals surface area (Å²) in [6.45, 7) is 0. The Morgan fingerprint density at radius 2 is 1.77 bits per heavy atom. The zero-order chi connectivity index (χ0) is 18.5. The van der Waals surface area contributed by atoms with Crippen LogP contribution in [0.2, 0.25) is 10.0 Å². The van der Waals surface area contributed by atoms with E-state index in [-0.39, 0.29) is 5.69 Å². The van der Waals surface area contributed by atoms with E-state index in [1.165, 1.54) is 6.33 Å². The minimum atomic E-state index is -0.403. The predicted molar refractivity (Wildman–Crippen MR) is 103 cm³/mol. The number of methoxy groups -OCH3 is 1. The van der Waals surface area contributed by atoms with Crippen molar-refractivity contribution < 1.29 is 9.53 Å². The standard InChI is InChI=1S/C18H14Cl2N4O2/c1-26-15-4-2-3-13(8-15)23-17-9-16(21-10-22-17)18(25)24-14-6-11(19)5-12(20)7-14/h2-10H,1H3,(H,24,25)(H,21,22,23). The van der Waals surface area contributed by atoms with E-state index in [1.807, 2.05) is 24.3 Å². The number of carbonyl (C=O) groups is 1. The summed E-state index contributed by atoms with van der Waals surface area (Å²) in [6.07, 6.45) is 1.31. The molecule has 0 unspecified atom stereocenters. The highest BCUT2D eigenvalue weighted by molar-refractivity contribution is 6.35. The molecule has 0 saturated carbocycles. The Labute approximate surface area is 160 Å². The highest BCUT2D eigenvalue weighted by atomic mass is 35.5. The number of nitrogens with zero attached hydrogens (tertiary/aromatic N) is 2. The van der Waals surface area contributed by atoms with E-state index in [4.69, 9.17) is 27.9 Å². The molecule has 0 saturated heterocycles. The van der Waals surface area contributed by atoms with Crippen LogP contribution in [0.15, 0.2) is 54.9 Å². The molecule has 0 aliphatic heterocycles. The van der Waals surface area contributed by atoms with Crippen molar-refractivity contribution in [3.05, 3.63) is 70.6 Å². The van der Waals surface area contributed by atoms with Gasteiger partial charge in [0.2, 0.25) is 0 Å². The van der Waals surface area contributed by atoms with Crippen LogP contribution in [-0.2, 0) is 0 Å². The molecule has 26 heavy (non-hydrogen) atoms. The highest BCUT2D eigenvalue weighted by Gasteiger charge is 2.10. The monoisotopic (exact) mass is 388 g/mol. The normalized spacial score (nSPS) is 10.3. The van der Waals surface area contributed by atoms with Gasteiger partial charge in [-0.25, -0.2) is 9.97 Å². The molecule has 0 atom stereocenters. The Morgan fingerprint density at radius 1 is 1.00 bits per heavy atom. The van der Waals surface area contributed by atoms with E-state index in [2.05, 4.69) is 20.6 Å². The number of nitrogens with one attached hydrogen (secondary N) is 2. The number of anilines is 3. The van der Waals surface area contributed by atoms with Gasteiger partial charge in [-0.1, -0.05) is 29.3 Å². The number of benzene rings is 2. The van der Waals surface area contributed by atoms with E-state index in [0.717, 1.165) is 5.69 Å². The Balaban J connectivity index is 1.76. The quantitative estimate of drug-likeness (QED) is 0.656. The molecule has 6 nitrogen and oxygen atoms in total. The summed E-state index contributed by atoms with van der Waals surface area (Å²) in [4.78, 5) is 20.5. The van der Waals surface area contributed by atoms with Crippen LogP contribution in [0.5, 0.6) is 5.75 Å². The van der Waals surface area contributed by atoms with Crippen molar-refractivity contribution in [1.29, 1.82) is 0 Å². The van der Waals surface area contributed by atoms with Gasteiger partial charge in [0.1, 0.15) is 23.6 Å². The number of halogens is 2. The van der Waals surface area contributed by atoms with Crippen molar-refractivity contribution >= 4 is 46.3 Å². The number of carbonyl (C=O) groups excluding carboxylic acids is 1. The molecule has 132 valence electrons. The van der Waals surface area contributed by atoms with Crippen LogP contribution in [0.25, 0.3) is 0 Å². The number of hydrogen-bond donors (Lipinski definition) is 2. The summed E-state index contributed by atoms with van der Waals surface area (Å²) >= 11 is 11.9. The predicted octanol–water partition coefficient (Wildman–Crippen LogP) is 4.79. The van der Waals surface area contributed by atoms with Gasteiger partial charge in [0, 0.05) is 33.6 Å². The molecular weight excluding hydrogens is 375 g/mol. The van der Waals surface area contributed by atoms with Crippen molar-refractivity contribution in [2.24, 2.45) is 0 Å². The van der Waals surface area contributed by atoms with Gasteiger partial charge < -0.3 is 15.4 Å². The topological polar surface area (TPSA) is 76.1 Å². The van der Waals surface area contributed by atoms with Crippen LogP contribution < -0.4 is 15.4 Å². The summed E-state index contributed by atoms with van der Waals surface area (Å²) in [5, 5.41) is 6.66. The van der Waals surface area contributed by atoms with E-state index in [1.54, 1.807) is 31.4 Å². The SMILES string of the molecule is COc1cccc(Nc2cc(C(=O)Nc3cc(Cl)cc(Cl)c3)ncn2)c1. The van der Waals surface area contributed by atoms with Crippen LogP contribution in [0.4, 0.5) is 17.2 Å². The van der Waals surface area contributed by atoms with Gasteiger partial charge in [0.05, 0.1) is 7.11 Å². The molecule has 0 radical (unpaired) electrons. The minimum absolute atomic E-state index is 0.196. The molecule has 0 fully saturated rings. The fourth-order valence-corrected chi connectivity index (χ4v) is 2.75. The minimum Gasteiger partial charge on any atom is -0.497 e. The third-order valence-electron chi connectivity index (χ3n) is 3.36. The average Bonchev–Trinajstić information content (AvgIpc) is 2.61. The molecule has 3 aromatic rings. The van der Waals surface area contributed by atoms with Gasteiger partial charge in [-0.05, 0) is 30.3 Å². The largest absolute Gasteiger partial charge is 0.497 e. The first-order chi connectivity index (χ1) is 12.5. The maximum absolute atomic E-state index is 12.4. The lowest BCUT2D eigenvalue weighted by molar-refractivity contribution is 0.102. The lowest BCUT2D eigenvalue weighted by atomic mass is 10.3. The Kier molecular flexibility index (Phi) is 5.55. The Bertz CT molecular complexity index is 930. The second-order valence-corrected chi connectivity index (χ2v) is 6.13. The number of amides is 1. The van der Waals surface area contributed by atoms with E-state index in [9.17, 15) is 4.79 Å². The number of hydrogen-bond acceptors (Lipinski definition) is 5. The second kappa shape index (κ2) is 8.03. The fraction of sp³-hybridized carbons (Fsp3) is 0.0556. The van der Waals surface area contributed by atoms with Gasteiger partial charge in [-0.3, -0.25) is 4.79 Å². The maximum Gasteiger partial charge on any atom is 0.274 e. The number of ether oxygens (including phenoxy) is 1. The summed E-state index contributed by atoms with van der Waals surface area (Å²) in [6, 6.07) is 13.7. The summed E-state index contributed by atoms with van der Waals surface area (Å²) in [5.74, 6) is 0.779. The molecule has 1 aromatic heterocycles. The van der Waals surface area contributed by atoms with Gasteiger partial charge in [-0.2, -0.15) is 0 Å². The van der Waals surface area contributed by atoms with Crippen molar-refractivity contribution in [2.75, 3.05) is 17.7 Å². The van der Waals surface area contributed by atoms with Gasteiger partial charge in [-0.15, -0.1) is 0 Å². The first kappa shape index (κ1) is 18.0. The van der Waals surface area contributed by atoms with Crippen molar-refractivity contribution in [2.45, 2.75) is 0 Å². The van der Waals surface area contributed by atoms with E-state index >= 15 is 0 Å². The second-order valence-electron chi connectivity index (χ2n) is 5.26. The van der Waals surface area contributed by atoms with Crippen molar-refractivity contribution in [3.8, 4) is 5.75 Å². The van der Waals surface area contributed by atoms with Gasteiger partial charge in [0.15, 0.2) is 0 Å². The third-order valence-corrected chi connectivity index (χ3v) is 3.80. The summed E-state index contributed by atoms with van der Waals surface area (Å²) < 4.78 is 5.18. The van der Waals surface area contributed by atoms with Crippen molar-refractivity contribution in [1.82, 2.24) is 9.97 Å². The van der Waals surface area contributed by atoms with Crippen molar-refractivity contribution in [3.63, 3.8) is 0 Å². The molecule has 1 heterocycles. The first-order valence-corrected chi connectivity index (χ1v) is 8.29. The number of rotatable bonds is 5. The lowest BCUT2D eigenvalue weighted by Crippen LogP contribution is -2.14. The zero-order valence-electron chi connectivity index (χ0n) is 13.7. The Morgan fingerprint density at radius 3 is 2.50 bits per heavy atom. The highest BCUT2D eigenvalue weighted by Crippen LogP contribution is 2.23. The number of aromatic nitrogens is 2. The molecule has 0 aliphatic carbocycles. The smallest absolute Gasteiger partial charge is 0.274 e. The van der Waals surface area contributed by atoms with Crippen LogP contribution in [0.1, 0.15) is 10.5 Å². The van der Waals surface area contributed by atoms with Gasteiger partial charge >= 0.3 is 0 Å². The maximum atomic E-state index is 12.4. The van der Waals surface area contributed by atoms with Crippen LogP contribution in [-0.4, -0.2) is 23.0 Å². The summed E-state index contributed by atoms with van der Waals surface area (Å²) in [5.41, 5.74) is 1.45. The summed E-state index contributed by atoms with van der Waals surface area (Å²) in [7, 11) is 1.59. The molecule has 8 heteroatoms. The molecule has 2 aromatic carbocycles. The van der Waals surface area contributed by atoms with Crippen LogP contribution in [0.3, 0.4) is 0 Å². The van der Waals surface area contributed by atoms with Gasteiger partial charge in [0.25, 0.3) is 5.91 Å². The third kappa shape index (κ3) is 4.62. The van der Waals surface area contributed by atoms with E-state index in [0.29, 0.717) is 27.3 Å². The van der Waals surface area contributed by atoms with Crippen LogP contribution in [0, 0.1) is 0 Å². The fourth-order valence-electron chi connectivity index (χ4n) is 2.22. The lowest BCUT2D eigenvalue weighted by Gasteiger charge is -2.09. The Hall–Kier alpha value is -2.83. The molecule has 1 amide bonds. The molecule has 0 bridgehead atoms. The average molecular weight is 389 g/mol. The molecule has 3 rings (SSSR count). The first-order valence-electron chi connectivity index (χ1n) is 7.54. The molecule has 0 aliphatic rings. The molecular formula is C18H14Cl2N4O2. The van der Waals surface area contributed by atoms with Crippen LogP contribution >= 0.6 is 23.2 Å². The molecule has 0 spiro atoms. The molecule has 2 N–H and O–H groups in total. The van der Waals surface area contributed by atoms with E-state index < -0.39 is 5.91 Å².